The van der Waals surface area contributed by atoms with E-state index in [2.05, 4.69) is 6.92 Å². The molecule has 1 aliphatic carbocycles. The van der Waals surface area contributed by atoms with Crippen LogP contribution >= 0.6 is 0 Å². The SMILES string of the molecule is C[C@@H]1CCCN(S(=O)(=O)c2ccc3c(c2)C[C@@H](C)N3C(=O)C2CC2)C1. The standard InChI is InChI=1S/C19H26N2O3S/c1-13-4-3-9-20(12-13)25(23,24)17-7-8-18-16(11-17)10-14(2)21(18)19(22)15-5-6-15/h7-8,11,13-15H,3-6,9-10,12H2,1-2H3/t13-,14-/m1/s1. The van der Waals surface area contributed by atoms with Gasteiger partial charge in [0, 0.05) is 30.7 Å². The maximum atomic E-state index is 13.0. The first-order chi connectivity index (χ1) is 11.9. The van der Waals surface area contributed by atoms with E-state index in [1.54, 1.807) is 16.4 Å². The molecule has 0 unspecified atom stereocenters. The molecule has 0 aromatic heterocycles. The van der Waals surface area contributed by atoms with Crippen molar-refractivity contribution >= 4 is 21.6 Å². The van der Waals surface area contributed by atoms with Crippen LogP contribution in [-0.4, -0.2) is 37.8 Å². The van der Waals surface area contributed by atoms with Gasteiger partial charge in [0.15, 0.2) is 0 Å². The molecule has 1 amide bonds. The smallest absolute Gasteiger partial charge is 0.243 e. The second-order valence-electron chi connectivity index (χ2n) is 7.94. The van der Waals surface area contributed by atoms with Gasteiger partial charge in [0.2, 0.25) is 15.9 Å². The van der Waals surface area contributed by atoms with Crippen molar-refractivity contribution in [3.63, 3.8) is 0 Å². The van der Waals surface area contributed by atoms with E-state index in [1.165, 1.54) is 0 Å². The first kappa shape index (κ1) is 17.0. The Bertz CT molecular complexity index is 801. The first-order valence-corrected chi connectivity index (χ1v) is 10.8. The third-order valence-electron chi connectivity index (χ3n) is 5.69. The molecule has 0 bridgehead atoms. The highest BCUT2D eigenvalue weighted by molar-refractivity contribution is 7.89. The highest BCUT2D eigenvalue weighted by Gasteiger charge is 2.40. The lowest BCUT2D eigenvalue weighted by atomic mass is 10.0. The molecule has 1 saturated carbocycles. The number of anilines is 1. The summed E-state index contributed by atoms with van der Waals surface area (Å²) >= 11 is 0. The average Bonchev–Trinajstić information content (AvgIpc) is 3.36. The Morgan fingerprint density at radius 2 is 1.92 bits per heavy atom. The predicted octanol–water partition coefficient (Wildman–Crippen LogP) is 2.79. The van der Waals surface area contributed by atoms with E-state index in [4.69, 9.17) is 0 Å². The highest BCUT2D eigenvalue weighted by Crippen LogP contribution is 2.40. The number of benzene rings is 1. The number of carbonyl (C=O) groups excluding carboxylic acids is 1. The maximum absolute atomic E-state index is 13.0. The van der Waals surface area contributed by atoms with E-state index >= 15 is 0 Å². The monoisotopic (exact) mass is 362 g/mol. The molecule has 0 radical (unpaired) electrons. The van der Waals surface area contributed by atoms with Gasteiger partial charge in [-0.25, -0.2) is 8.42 Å². The first-order valence-electron chi connectivity index (χ1n) is 9.34. The molecule has 2 aliphatic heterocycles. The number of sulfonamides is 1. The van der Waals surface area contributed by atoms with Crippen molar-refractivity contribution in [2.75, 3.05) is 18.0 Å². The van der Waals surface area contributed by atoms with E-state index in [-0.39, 0.29) is 17.9 Å². The van der Waals surface area contributed by atoms with Gasteiger partial charge in [-0.1, -0.05) is 6.92 Å². The number of fused-ring (bicyclic) bond motifs is 1. The van der Waals surface area contributed by atoms with Crippen LogP contribution in [0.1, 0.15) is 45.1 Å². The maximum Gasteiger partial charge on any atom is 0.243 e. The van der Waals surface area contributed by atoms with E-state index in [9.17, 15) is 13.2 Å². The summed E-state index contributed by atoms with van der Waals surface area (Å²) in [4.78, 5) is 14.8. The fraction of sp³-hybridized carbons (Fsp3) is 0.632. The van der Waals surface area contributed by atoms with Crippen LogP contribution in [0.25, 0.3) is 0 Å². The van der Waals surface area contributed by atoms with Gasteiger partial charge in [0.05, 0.1) is 4.90 Å². The van der Waals surface area contributed by atoms with Crippen LogP contribution in [0, 0.1) is 11.8 Å². The zero-order chi connectivity index (χ0) is 17.8. The van der Waals surface area contributed by atoms with Gasteiger partial charge in [0.1, 0.15) is 0 Å². The van der Waals surface area contributed by atoms with Gasteiger partial charge < -0.3 is 4.90 Å². The van der Waals surface area contributed by atoms with E-state index in [1.807, 2.05) is 17.9 Å². The van der Waals surface area contributed by atoms with Crippen molar-refractivity contribution in [1.29, 1.82) is 0 Å². The minimum atomic E-state index is -3.45. The molecule has 1 saturated heterocycles. The topological polar surface area (TPSA) is 57.7 Å². The molecule has 0 N–H and O–H groups in total. The molecule has 6 heteroatoms. The zero-order valence-corrected chi connectivity index (χ0v) is 15.8. The lowest BCUT2D eigenvalue weighted by Crippen LogP contribution is -2.39. The summed E-state index contributed by atoms with van der Waals surface area (Å²) in [6, 6.07) is 5.41. The summed E-state index contributed by atoms with van der Waals surface area (Å²) < 4.78 is 27.6. The second kappa shape index (κ2) is 6.09. The fourth-order valence-electron chi connectivity index (χ4n) is 4.14. The minimum absolute atomic E-state index is 0.107. The van der Waals surface area contributed by atoms with Crippen molar-refractivity contribution < 1.29 is 13.2 Å². The van der Waals surface area contributed by atoms with Crippen molar-refractivity contribution in [3.05, 3.63) is 23.8 Å². The second-order valence-corrected chi connectivity index (χ2v) is 9.87. The molecule has 136 valence electrons. The minimum Gasteiger partial charge on any atom is -0.309 e. The van der Waals surface area contributed by atoms with Crippen molar-refractivity contribution in [2.24, 2.45) is 11.8 Å². The average molecular weight is 362 g/mol. The zero-order valence-electron chi connectivity index (χ0n) is 14.9. The molecule has 3 aliphatic rings. The van der Waals surface area contributed by atoms with Crippen molar-refractivity contribution in [2.45, 2.75) is 56.9 Å². The van der Waals surface area contributed by atoms with Crippen LogP contribution in [-0.2, 0) is 21.2 Å². The van der Waals surface area contributed by atoms with Crippen LogP contribution in [0.2, 0.25) is 0 Å². The van der Waals surface area contributed by atoms with Gasteiger partial charge >= 0.3 is 0 Å². The lowest BCUT2D eigenvalue weighted by Gasteiger charge is -2.30. The van der Waals surface area contributed by atoms with Gasteiger partial charge in [-0.05, 0) is 68.7 Å². The molecule has 5 nitrogen and oxygen atoms in total. The number of piperidine rings is 1. The number of carbonyl (C=O) groups is 1. The molecular weight excluding hydrogens is 336 g/mol. The Labute approximate surface area is 150 Å². The molecular formula is C19H26N2O3S. The predicted molar refractivity (Wildman–Crippen MR) is 97.0 cm³/mol. The summed E-state index contributed by atoms with van der Waals surface area (Å²) in [6.45, 7) is 5.35. The fourth-order valence-corrected chi connectivity index (χ4v) is 5.79. The molecule has 2 heterocycles. The van der Waals surface area contributed by atoms with Gasteiger partial charge in [-0.15, -0.1) is 0 Å². The van der Waals surface area contributed by atoms with E-state index in [0.717, 1.165) is 43.4 Å². The quantitative estimate of drug-likeness (QED) is 0.831. The lowest BCUT2D eigenvalue weighted by molar-refractivity contribution is -0.120. The summed E-state index contributed by atoms with van der Waals surface area (Å²) in [7, 11) is -3.45. The normalized spacial score (nSPS) is 27.4. The number of hydrogen-bond acceptors (Lipinski definition) is 3. The summed E-state index contributed by atoms with van der Waals surface area (Å²) in [5.74, 6) is 0.781. The molecule has 2 atom stereocenters. The largest absolute Gasteiger partial charge is 0.309 e. The van der Waals surface area contributed by atoms with Crippen LogP contribution in [0.3, 0.4) is 0 Å². The van der Waals surface area contributed by atoms with Crippen LogP contribution in [0.5, 0.6) is 0 Å². The van der Waals surface area contributed by atoms with Gasteiger partial charge in [0.25, 0.3) is 0 Å². The van der Waals surface area contributed by atoms with Crippen LogP contribution in [0.4, 0.5) is 5.69 Å². The molecule has 0 spiro atoms. The third-order valence-corrected chi connectivity index (χ3v) is 7.55. The van der Waals surface area contributed by atoms with Crippen molar-refractivity contribution in [3.8, 4) is 0 Å². The van der Waals surface area contributed by atoms with Gasteiger partial charge in [-0.3, -0.25) is 4.79 Å². The van der Waals surface area contributed by atoms with Gasteiger partial charge in [-0.2, -0.15) is 4.31 Å². The summed E-state index contributed by atoms with van der Waals surface area (Å²) in [6.07, 6.45) is 4.71. The van der Waals surface area contributed by atoms with Crippen LogP contribution < -0.4 is 4.90 Å². The Kier molecular flexibility index (Phi) is 4.15. The van der Waals surface area contributed by atoms with Crippen LogP contribution in [0.15, 0.2) is 23.1 Å². The number of rotatable bonds is 3. The van der Waals surface area contributed by atoms with Crippen molar-refractivity contribution in [1.82, 2.24) is 4.31 Å². The third kappa shape index (κ3) is 2.99. The molecule has 25 heavy (non-hydrogen) atoms. The van der Waals surface area contributed by atoms with E-state index < -0.39 is 10.0 Å². The Morgan fingerprint density at radius 1 is 1.16 bits per heavy atom. The number of hydrogen-bond donors (Lipinski definition) is 0. The van der Waals surface area contributed by atoms with E-state index in [0.29, 0.717) is 23.9 Å². The number of amides is 1. The molecule has 1 aromatic rings. The number of nitrogens with zero attached hydrogens (tertiary/aromatic N) is 2. The molecule has 1 aromatic carbocycles. The molecule has 4 rings (SSSR count). The highest BCUT2D eigenvalue weighted by atomic mass is 32.2. The Hall–Kier alpha value is -1.40. The Balaban J connectivity index is 1.63. The Morgan fingerprint density at radius 3 is 2.60 bits per heavy atom. The summed E-state index contributed by atoms with van der Waals surface area (Å²) in [5, 5.41) is 0. The molecule has 2 fully saturated rings. The summed E-state index contributed by atoms with van der Waals surface area (Å²) in [5.41, 5.74) is 1.88.